The number of nitrogens with zero attached hydrogens (tertiary/aromatic N) is 3. The number of anilines is 2. The number of aromatic nitrogens is 2. The van der Waals surface area contributed by atoms with Gasteiger partial charge < -0.3 is 15.0 Å². The van der Waals surface area contributed by atoms with E-state index in [1.165, 1.54) is 12.1 Å². The third-order valence-electron chi connectivity index (χ3n) is 4.29. The molecule has 1 aliphatic rings. The maximum atomic E-state index is 12.4. The normalized spacial score (nSPS) is 14.3. The fourth-order valence-electron chi connectivity index (χ4n) is 3.07. The Morgan fingerprint density at radius 1 is 1.19 bits per heavy atom. The van der Waals surface area contributed by atoms with Crippen LogP contribution in [0.25, 0.3) is 0 Å². The van der Waals surface area contributed by atoms with Gasteiger partial charge in [0.05, 0.1) is 0 Å². The predicted octanol–water partition coefficient (Wildman–Crippen LogP) is 4.32. The second-order valence-corrected chi connectivity index (χ2v) is 6.84. The summed E-state index contributed by atoms with van der Waals surface area (Å²) in [6.45, 7) is 7.35. The summed E-state index contributed by atoms with van der Waals surface area (Å²) < 4.78 is 41.2. The minimum Gasteiger partial charge on any atom is -0.406 e. The summed E-state index contributed by atoms with van der Waals surface area (Å²) in [5.74, 6) is 1.25. The van der Waals surface area contributed by atoms with E-state index in [0.29, 0.717) is 25.5 Å². The maximum absolute atomic E-state index is 12.4. The fourth-order valence-corrected chi connectivity index (χ4v) is 3.07. The molecule has 0 radical (unpaired) electrons. The van der Waals surface area contributed by atoms with Crippen LogP contribution < -0.4 is 15.0 Å². The van der Waals surface area contributed by atoms with Gasteiger partial charge in [0.2, 0.25) is 5.95 Å². The van der Waals surface area contributed by atoms with E-state index in [-0.39, 0.29) is 11.8 Å². The summed E-state index contributed by atoms with van der Waals surface area (Å²) in [6, 6.07) is 6.72. The standard InChI is InChI=1S/C19H23F3N4O/c1-4-15-10-17(25-18(24-15)23-12(2)3)26-8-7-13-9-16(27-19(20,21)22)6-5-14(13)11-26/h5-6,9-10,12H,4,7-8,11H2,1-3H3,(H,23,24,25). The molecule has 0 unspecified atom stereocenters. The van der Waals surface area contributed by atoms with Gasteiger partial charge in [-0.1, -0.05) is 13.0 Å². The third-order valence-corrected chi connectivity index (χ3v) is 4.29. The zero-order valence-electron chi connectivity index (χ0n) is 15.6. The molecule has 3 rings (SSSR count). The zero-order valence-corrected chi connectivity index (χ0v) is 15.6. The molecule has 1 aromatic heterocycles. The van der Waals surface area contributed by atoms with Gasteiger partial charge in [-0.25, -0.2) is 4.98 Å². The van der Waals surface area contributed by atoms with Crippen molar-refractivity contribution < 1.29 is 17.9 Å². The smallest absolute Gasteiger partial charge is 0.406 e. The van der Waals surface area contributed by atoms with Crippen LogP contribution in [0.4, 0.5) is 24.9 Å². The molecule has 5 nitrogen and oxygen atoms in total. The van der Waals surface area contributed by atoms with Crippen molar-refractivity contribution in [1.82, 2.24) is 9.97 Å². The van der Waals surface area contributed by atoms with Crippen molar-refractivity contribution in [2.45, 2.75) is 52.6 Å². The largest absolute Gasteiger partial charge is 0.573 e. The van der Waals surface area contributed by atoms with E-state index in [0.717, 1.165) is 29.1 Å². The average Bonchev–Trinajstić information content (AvgIpc) is 2.59. The first kappa shape index (κ1) is 19.3. The molecule has 1 aliphatic heterocycles. The van der Waals surface area contributed by atoms with E-state index in [4.69, 9.17) is 0 Å². The fraction of sp³-hybridized carbons (Fsp3) is 0.474. The monoisotopic (exact) mass is 380 g/mol. The molecule has 0 amide bonds. The van der Waals surface area contributed by atoms with Crippen molar-refractivity contribution >= 4 is 11.8 Å². The first-order valence-corrected chi connectivity index (χ1v) is 9.00. The van der Waals surface area contributed by atoms with Gasteiger partial charge in [-0.2, -0.15) is 4.98 Å². The summed E-state index contributed by atoms with van der Waals surface area (Å²) >= 11 is 0. The van der Waals surface area contributed by atoms with Gasteiger partial charge >= 0.3 is 6.36 Å². The minimum absolute atomic E-state index is 0.173. The molecule has 8 heteroatoms. The van der Waals surface area contributed by atoms with Gasteiger partial charge in [-0.3, -0.25) is 0 Å². The van der Waals surface area contributed by atoms with Crippen LogP contribution in [0.15, 0.2) is 24.3 Å². The Bertz CT molecular complexity index is 808. The summed E-state index contributed by atoms with van der Waals surface area (Å²) in [6.07, 6.45) is -3.25. The van der Waals surface area contributed by atoms with Crippen LogP contribution in [-0.4, -0.2) is 28.9 Å². The lowest BCUT2D eigenvalue weighted by atomic mass is 9.99. The molecule has 146 valence electrons. The van der Waals surface area contributed by atoms with Crippen LogP contribution in [0.5, 0.6) is 5.75 Å². The number of halogens is 3. The molecule has 1 N–H and O–H groups in total. The second kappa shape index (κ2) is 7.62. The van der Waals surface area contributed by atoms with E-state index in [1.54, 1.807) is 6.07 Å². The Hall–Kier alpha value is -2.51. The first-order chi connectivity index (χ1) is 12.7. The van der Waals surface area contributed by atoms with Crippen LogP contribution in [0, 0.1) is 0 Å². The highest BCUT2D eigenvalue weighted by atomic mass is 19.4. The van der Waals surface area contributed by atoms with Crippen LogP contribution in [0.1, 0.15) is 37.6 Å². The molecule has 0 spiro atoms. The SMILES string of the molecule is CCc1cc(N2CCc3cc(OC(F)(F)F)ccc3C2)nc(NC(C)C)n1. The quantitative estimate of drug-likeness (QED) is 0.837. The van der Waals surface area contributed by atoms with Gasteiger partial charge in [0.1, 0.15) is 11.6 Å². The predicted molar refractivity (Wildman–Crippen MR) is 98.0 cm³/mol. The van der Waals surface area contributed by atoms with Gasteiger partial charge in [0.15, 0.2) is 0 Å². The van der Waals surface area contributed by atoms with Crippen molar-refractivity contribution in [3.63, 3.8) is 0 Å². The van der Waals surface area contributed by atoms with Crippen LogP contribution in [0.3, 0.4) is 0 Å². The first-order valence-electron chi connectivity index (χ1n) is 9.00. The van der Waals surface area contributed by atoms with Gasteiger partial charge in [-0.15, -0.1) is 13.2 Å². The van der Waals surface area contributed by atoms with Gasteiger partial charge in [0, 0.05) is 30.9 Å². The Morgan fingerprint density at radius 2 is 1.96 bits per heavy atom. The number of nitrogens with one attached hydrogen (secondary N) is 1. The number of hydrogen-bond acceptors (Lipinski definition) is 5. The number of hydrogen-bond donors (Lipinski definition) is 1. The van der Waals surface area contributed by atoms with E-state index in [1.807, 2.05) is 26.8 Å². The zero-order chi connectivity index (χ0) is 19.6. The lowest BCUT2D eigenvalue weighted by molar-refractivity contribution is -0.274. The Labute approximate surface area is 156 Å². The number of ether oxygens (including phenoxy) is 1. The molecule has 27 heavy (non-hydrogen) atoms. The number of fused-ring (bicyclic) bond motifs is 1. The number of alkyl halides is 3. The number of aryl methyl sites for hydroxylation is 1. The summed E-state index contributed by atoms with van der Waals surface area (Å²) in [7, 11) is 0. The topological polar surface area (TPSA) is 50.3 Å². The van der Waals surface area contributed by atoms with Crippen molar-refractivity contribution in [2.24, 2.45) is 0 Å². The molecule has 0 aliphatic carbocycles. The lowest BCUT2D eigenvalue weighted by Gasteiger charge is -2.30. The molecule has 2 aromatic rings. The molecule has 0 bridgehead atoms. The molecule has 0 saturated carbocycles. The third kappa shape index (κ3) is 5.02. The van der Waals surface area contributed by atoms with Crippen molar-refractivity contribution in [1.29, 1.82) is 0 Å². The molecule has 0 atom stereocenters. The summed E-state index contributed by atoms with van der Waals surface area (Å²) in [5, 5.41) is 3.24. The highest BCUT2D eigenvalue weighted by molar-refractivity contribution is 5.49. The van der Waals surface area contributed by atoms with E-state index in [2.05, 4.69) is 24.9 Å². The Morgan fingerprint density at radius 3 is 2.63 bits per heavy atom. The summed E-state index contributed by atoms with van der Waals surface area (Å²) in [5.41, 5.74) is 2.80. The van der Waals surface area contributed by atoms with E-state index < -0.39 is 6.36 Å². The molecular formula is C19H23F3N4O. The van der Waals surface area contributed by atoms with Crippen molar-refractivity contribution in [3.05, 3.63) is 41.1 Å². The molecule has 2 heterocycles. The van der Waals surface area contributed by atoms with Crippen molar-refractivity contribution in [3.8, 4) is 5.75 Å². The number of benzene rings is 1. The van der Waals surface area contributed by atoms with Crippen molar-refractivity contribution in [2.75, 3.05) is 16.8 Å². The Kier molecular flexibility index (Phi) is 5.43. The number of rotatable bonds is 5. The highest BCUT2D eigenvalue weighted by Crippen LogP contribution is 2.29. The van der Waals surface area contributed by atoms with Gasteiger partial charge in [-0.05, 0) is 49.9 Å². The minimum atomic E-state index is -4.67. The highest BCUT2D eigenvalue weighted by Gasteiger charge is 2.31. The average molecular weight is 380 g/mol. The molecule has 0 saturated heterocycles. The molecule has 1 aromatic carbocycles. The van der Waals surface area contributed by atoms with E-state index in [9.17, 15) is 13.2 Å². The van der Waals surface area contributed by atoms with Crippen LogP contribution >= 0.6 is 0 Å². The Balaban J connectivity index is 1.81. The van der Waals surface area contributed by atoms with Crippen LogP contribution in [0.2, 0.25) is 0 Å². The lowest BCUT2D eigenvalue weighted by Crippen LogP contribution is -2.31. The molecule has 0 fully saturated rings. The van der Waals surface area contributed by atoms with E-state index >= 15 is 0 Å². The summed E-state index contributed by atoms with van der Waals surface area (Å²) in [4.78, 5) is 11.2. The second-order valence-electron chi connectivity index (χ2n) is 6.84. The van der Waals surface area contributed by atoms with Gasteiger partial charge in [0.25, 0.3) is 0 Å². The molecular weight excluding hydrogens is 357 g/mol. The maximum Gasteiger partial charge on any atom is 0.573 e. The van der Waals surface area contributed by atoms with Crippen LogP contribution in [-0.2, 0) is 19.4 Å².